The van der Waals surface area contributed by atoms with Gasteiger partial charge in [-0.2, -0.15) is 5.21 Å². The molecule has 0 aliphatic heterocycles. The zero-order chi connectivity index (χ0) is 21.8. The highest BCUT2D eigenvalue weighted by atomic mass is 35.5. The molecule has 158 valence electrons. The lowest BCUT2D eigenvalue weighted by Gasteiger charge is -2.13. The van der Waals surface area contributed by atoms with Crippen LogP contribution in [0.3, 0.4) is 0 Å². The first-order valence-corrected chi connectivity index (χ1v) is 10.3. The molecule has 0 aliphatic rings. The predicted molar refractivity (Wildman–Crippen MR) is 118 cm³/mol. The molecule has 0 saturated carbocycles. The number of aromatic amines is 1. The quantitative estimate of drug-likeness (QED) is 0.472. The van der Waals surface area contributed by atoms with Gasteiger partial charge in [-0.25, -0.2) is 4.68 Å². The summed E-state index contributed by atoms with van der Waals surface area (Å²) in [5.74, 6) is 0.918. The topological polar surface area (TPSA) is 98.6 Å². The van der Waals surface area contributed by atoms with Crippen LogP contribution in [0.2, 0.25) is 5.02 Å². The van der Waals surface area contributed by atoms with Gasteiger partial charge in [-0.05, 0) is 35.2 Å². The molecule has 0 amide bonds. The highest BCUT2D eigenvalue weighted by Crippen LogP contribution is 2.29. The Labute approximate surface area is 183 Å². The maximum Gasteiger partial charge on any atom is 0.286 e. The van der Waals surface area contributed by atoms with Crippen LogP contribution in [0.4, 0.5) is 0 Å². The zero-order valence-corrected chi connectivity index (χ0v) is 17.9. The van der Waals surface area contributed by atoms with Crippen LogP contribution in [-0.4, -0.2) is 37.0 Å². The van der Waals surface area contributed by atoms with Gasteiger partial charge in [0.2, 0.25) is 11.7 Å². The fraction of sp³-hybridized carbons (Fsp3) is 0.227. The van der Waals surface area contributed by atoms with Crippen molar-refractivity contribution in [1.29, 1.82) is 0 Å². The van der Waals surface area contributed by atoms with Gasteiger partial charge in [-0.15, -0.1) is 15.3 Å². The van der Waals surface area contributed by atoms with Crippen LogP contribution >= 0.6 is 11.6 Å². The number of aromatic nitrogens is 6. The third-order valence-corrected chi connectivity index (χ3v) is 5.28. The molecular formula is C22H21ClN6O2. The molecule has 0 aliphatic carbocycles. The Bertz CT molecular complexity index is 1240. The lowest BCUT2D eigenvalue weighted by Crippen LogP contribution is -2.25. The van der Waals surface area contributed by atoms with Gasteiger partial charge in [-0.3, -0.25) is 4.79 Å². The average Bonchev–Trinajstić information content (AvgIpc) is 3.34. The van der Waals surface area contributed by atoms with E-state index in [1.54, 1.807) is 6.92 Å². The van der Waals surface area contributed by atoms with Gasteiger partial charge in [0.1, 0.15) is 5.02 Å². The molecule has 2 aromatic carbocycles. The van der Waals surface area contributed by atoms with Crippen LogP contribution in [0.5, 0.6) is 5.88 Å². The molecule has 0 saturated heterocycles. The van der Waals surface area contributed by atoms with Crippen molar-refractivity contribution in [3.63, 3.8) is 0 Å². The molecule has 0 radical (unpaired) electrons. The van der Waals surface area contributed by atoms with Gasteiger partial charge in [0.15, 0.2) is 0 Å². The highest BCUT2D eigenvalue weighted by molar-refractivity contribution is 6.31. The summed E-state index contributed by atoms with van der Waals surface area (Å²) in [7, 11) is 0. The number of hydrogen-bond acceptors (Lipinski definition) is 6. The molecular weight excluding hydrogens is 416 g/mol. The molecule has 31 heavy (non-hydrogen) atoms. The van der Waals surface area contributed by atoms with E-state index in [2.05, 4.69) is 25.7 Å². The monoisotopic (exact) mass is 436 g/mol. The first-order chi connectivity index (χ1) is 15.1. The van der Waals surface area contributed by atoms with E-state index in [0.717, 1.165) is 28.7 Å². The van der Waals surface area contributed by atoms with Gasteiger partial charge in [0.25, 0.3) is 5.56 Å². The van der Waals surface area contributed by atoms with E-state index in [9.17, 15) is 4.79 Å². The standard InChI is InChI=1S/C22H21ClN6O2/c1-3-12-31-21-14(2)19(23)22(30)29(26-21)13-15-8-10-16(11-9-15)17-6-4-5-7-18(17)20-24-27-28-25-20/h4-11H,3,12-13H2,1-2H3,(H,24,25,27,28). The molecule has 2 heterocycles. The Kier molecular flexibility index (Phi) is 6.08. The summed E-state index contributed by atoms with van der Waals surface area (Å²) >= 11 is 6.23. The lowest BCUT2D eigenvalue weighted by atomic mass is 9.98. The summed E-state index contributed by atoms with van der Waals surface area (Å²) in [6.45, 7) is 4.54. The van der Waals surface area contributed by atoms with E-state index in [-0.39, 0.29) is 17.1 Å². The second-order valence-corrected chi connectivity index (χ2v) is 7.41. The van der Waals surface area contributed by atoms with Gasteiger partial charge in [0.05, 0.1) is 13.2 Å². The molecule has 1 N–H and O–H groups in total. The largest absolute Gasteiger partial charge is 0.476 e. The van der Waals surface area contributed by atoms with E-state index >= 15 is 0 Å². The Hall–Kier alpha value is -3.52. The number of hydrogen-bond donors (Lipinski definition) is 1. The smallest absolute Gasteiger partial charge is 0.286 e. The molecule has 4 rings (SSSR count). The maximum absolute atomic E-state index is 12.6. The molecule has 4 aromatic rings. The zero-order valence-electron chi connectivity index (χ0n) is 17.2. The van der Waals surface area contributed by atoms with Crippen molar-refractivity contribution in [2.75, 3.05) is 6.61 Å². The first kappa shape index (κ1) is 20.7. The lowest BCUT2D eigenvalue weighted by molar-refractivity contribution is 0.292. The Morgan fingerprint density at radius 1 is 1.10 bits per heavy atom. The van der Waals surface area contributed by atoms with Crippen LogP contribution in [0.15, 0.2) is 53.3 Å². The predicted octanol–water partition coefficient (Wildman–Crippen LogP) is 3.89. The van der Waals surface area contributed by atoms with Crippen molar-refractivity contribution in [3.8, 4) is 28.4 Å². The van der Waals surface area contributed by atoms with Gasteiger partial charge >= 0.3 is 0 Å². The van der Waals surface area contributed by atoms with E-state index in [1.165, 1.54) is 4.68 Å². The number of nitrogens with one attached hydrogen (secondary N) is 1. The Morgan fingerprint density at radius 3 is 2.52 bits per heavy atom. The fourth-order valence-corrected chi connectivity index (χ4v) is 3.39. The third kappa shape index (κ3) is 4.34. The molecule has 8 nitrogen and oxygen atoms in total. The SMILES string of the molecule is CCCOc1nn(Cc2ccc(-c3ccccc3-c3nn[nH]n3)cc2)c(=O)c(Cl)c1C. The third-order valence-electron chi connectivity index (χ3n) is 4.84. The van der Waals surface area contributed by atoms with Crippen molar-refractivity contribution in [1.82, 2.24) is 30.4 Å². The summed E-state index contributed by atoms with van der Waals surface area (Å²) in [4.78, 5) is 12.6. The summed E-state index contributed by atoms with van der Waals surface area (Å²) in [6, 6.07) is 15.7. The van der Waals surface area contributed by atoms with E-state index < -0.39 is 0 Å². The first-order valence-electron chi connectivity index (χ1n) is 9.90. The number of nitrogens with zero attached hydrogens (tertiary/aromatic N) is 5. The summed E-state index contributed by atoms with van der Waals surface area (Å²) < 4.78 is 6.99. The van der Waals surface area contributed by atoms with Crippen molar-refractivity contribution < 1.29 is 4.74 Å². The number of halogens is 1. The minimum atomic E-state index is -0.338. The summed E-state index contributed by atoms with van der Waals surface area (Å²) in [6.07, 6.45) is 0.838. The van der Waals surface area contributed by atoms with Crippen molar-refractivity contribution in [2.24, 2.45) is 0 Å². The summed E-state index contributed by atoms with van der Waals surface area (Å²) in [5.41, 5.74) is 4.00. The minimum Gasteiger partial charge on any atom is -0.476 e. The van der Waals surface area contributed by atoms with Crippen molar-refractivity contribution in [3.05, 3.63) is 75.0 Å². The van der Waals surface area contributed by atoms with Crippen LogP contribution in [0.25, 0.3) is 22.5 Å². The van der Waals surface area contributed by atoms with E-state index in [0.29, 0.717) is 23.9 Å². The van der Waals surface area contributed by atoms with Gasteiger partial charge in [0, 0.05) is 11.1 Å². The minimum absolute atomic E-state index is 0.131. The molecule has 0 fully saturated rings. The normalized spacial score (nSPS) is 10.9. The summed E-state index contributed by atoms with van der Waals surface area (Å²) in [5, 5.41) is 18.8. The second-order valence-electron chi connectivity index (χ2n) is 7.03. The molecule has 9 heteroatoms. The van der Waals surface area contributed by atoms with Gasteiger partial charge in [-0.1, -0.05) is 67.1 Å². The van der Waals surface area contributed by atoms with Crippen molar-refractivity contribution in [2.45, 2.75) is 26.8 Å². The van der Waals surface area contributed by atoms with Crippen LogP contribution in [-0.2, 0) is 6.54 Å². The van der Waals surface area contributed by atoms with Gasteiger partial charge < -0.3 is 4.74 Å². The number of tetrazole rings is 1. The van der Waals surface area contributed by atoms with Crippen LogP contribution in [0, 0.1) is 6.92 Å². The maximum atomic E-state index is 12.6. The van der Waals surface area contributed by atoms with E-state index in [1.807, 2.05) is 55.5 Å². The Balaban J connectivity index is 1.62. The van der Waals surface area contributed by atoms with E-state index in [4.69, 9.17) is 16.3 Å². The Morgan fingerprint density at radius 2 is 1.84 bits per heavy atom. The molecule has 2 aromatic heterocycles. The molecule has 0 spiro atoms. The molecule has 0 unspecified atom stereocenters. The number of ether oxygens (including phenoxy) is 1. The number of H-pyrrole nitrogens is 1. The highest BCUT2D eigenvalue weighted by Gasteiger charge is 2.15. The van der Waals surface area contributed by atoms with Crippen LogP contribution < -0.4 is 10.3 Å². The molecule has 0 bridgehead atoms. The van der Waals surface area contributed by atoms with Crippen LogP contribution in [0.1, 0.15) is 24.5 Å². The molecule has 0 atom stereocenters. The second kappa shape index (κ2) is 9.09. The average molecular weight is 437 g/mol. The fourth-order valence-electron chi connectivity index (χ4n) is 3.21. The number of rotatable bonds is 7. The van der Waals surface area contributed by atoms with Crippen molar-refractivity contribution >= 4 is 11.6 Å². The number of benzene rings is 2.